The fourth-order valence-electron chi connectivity index (χ4n) is 4.04. The third-order valence-corrected chi connectivity index (χ3v) is 5.38. The van der Waals surface area contributed by atoms with Crippen molar-refractivity contribution in [1.82, 2.24) is 0 Å². The highest BCUT2D eigenvalue weighted by Crippen LogP contribution is 2.53. The Morgan fingerprint density at radius 1 is 0.889 bits per heavy atom. The number of phenolic OH excluding ortho intramolecular Hbond substituents is 2. The van der Waals surface area contributed by atoms with E-state index in [1.54, 1.807) is 36.4 Å². The van der Waals surface area contributed by atoms with Gasteiger partial charge in [0.1, 0.15) is 0 Å². The highest BCUT2D eigenvalue weighted by atomic mass is 16.6. The SMILES string of the molecule is COc1cc([C@H]2O[C@@H](O)[C@H]3[C@H]2CO[C@H]3c2ccc(O)c(OC)c2)ccc1O. The second-order valence-electron chi connectivity index (χ2n) is 6.80. The van der Waals surface area contributed by atoms with E-state index in [0.29, 0.717) is 18.1 Å². The molecule has 0 unspecified atom stereocenters. The van der Waals surface area contributed by atoms with E-state index in [0.717, 1.165) is 11.1 Å². The van der Waals surface area contributed by atoms with Gasteiger partial charge in [0.2, 0.25) is 0 Å². The van der Waals surface area contributed by atoms with Gasteiger partial charge in [0.05, 0.1) is 33.0 Å². The lowest BCUT2D eigenvalue weighted by Gasteiger charge is -2.20. The van der Waals surface area contributed by atoms with Crippen molar-refractivity contribution in [2.75, 3.05) is 20.8 Å². The van der Waals surface area contributed by atoms with Crippen LogP contribution >= 0.6 is 0 Å². The van der Waals surface area contributed by atoms with Gasteiger partial charge in [0, 0.05) is 11.8 Å². The minimum atomic E-state index is -0.993. The third kappa shape index (κ3) is 2.97. The Bertz CT molecular complexity index is 786. The molecule has 0 radical (unpaired) electrons. The Balaban J connectivity index is 1.63. The van der Waals surface area contributed by atoms with Crippen LogP contribution in [0.5, 0.6) is 23.0 Å². The van der Waals surface area contributed by atoms with Crippen molar-refractivity contribution in [2.45, 2.75) is 18.5 Å². The lowest BCUT2D eigenvalue weighted by Crippen LogP contribution is -2.22. The molecule has 0 amide bonds. The number of fused-ring (bicyclic) bond motifs is 1. The van der Waals surface area contributed by atoms with Crippen molar-refractivity contribution in [3.8, 4) is 23.0 Å². The minimum absolute atomic E-state index is 0.0492. The number of aliphatic hydroxyl groups is 1. The van der Waals surface area contributed by atoms with E-state index >= 15 is 0 Å². The van der Waals surface area contributed by atoms with Gasteiger partial charge in [-0.1, -0.05) is 12.1 Å². The predicted octanol–water partition coefficient (Wildman–Crippen LogP) is 2.51. The quantitative estimate of drug-likeness (QED) is 0.756. The van der Waals surface area contributed by atoms with E-state index in [2.05, 4.69) is 0 Å². The smallest absolute Gasteiger partial charge is 0.161 e. The zero-order chi connectivity index (χ0) is 19.1. The molecule has 0 aliphatic carbocycles. The number of aliphatic hydroxyl groups excluding tert-OH is 1. The number of ether oxygens (including phenoxy) is 4. The molecule has 0 aromatic heterocycles. The molecule has 2 aliphatic heterocycles. The fraction of sp³-hybridized carbons (Fsp3) is 0.400. The molecule has 3 N–H and O–H groups in total. The molecule has 2 saturated heterocycles. The molecular formula is C20H22O7. The van der Waals surface area contributed by atoms with Gasteiger partial charge in [-0.05, 0) is 35.4 Å². The molecule has 2 aromatic rings. The fourth-order valence-corrected chi connectivity index (χ4v) is 4.04. The summed E-state index contributed by atoms with van der Waals surface area (Å²) in [6.45, 7) is 0.420. The summed E-state index contributed by atoms with van der Waals surface area (Å²) in [6, 6.07) is 10.0. The number of hydrogen-bond acceptors (Lipinski definition) is 7. The average molecular weight is 374 g/mol. The first kappa shape index (κ1) is 17.9. The molecule has 2 fully saturated rings. The number of benzene rings is 2. The largest absolute Gasteiger partial charge is 0.504 e. The van der Waals surface area contributed by atoms with Crippen molar-refractivity contribution in [1.29, 1.82) is 0 Å². The Morgan fingerprint density at radius 2 is 1.44 bits per heavy atom. The van der Waals surface area contributed by atoms with Gasteiger partial charge in [-0.3, -0.25) is 0 Å². The number of hydrogen-bond donors (Lipinski definition) is 3. The second kappa shape index (κ2) is 6.92. The van der Waals surface area contributed by atoms with Crippen molar-refractivity contribution in [3.05, 3.63) is 47.5 Å². The summed E-state index contributed by atoms with van der Waals surface area (Å²) in [4.78, 5) is 0. The molecule has 0 saturated carbocycles. The summed E-state index contributed by atoms with van der Waals surface area (Å²) in [6.07, 6.45) is -1.74. The first-order valence-corrected chi connectivity index (χ1v) is 8.72. The van der Waals surface area contributed by atoms with Crippen LogP contribution in [0.4, 0.5) is 0 Å². The summed E-state index contributed by atoms with van der Waals surface area (Å²) in [5.41, 5.74) is 1.62. The summed E-state index contributed by atoms with van der Waals surface area (Å²) >= 11 is 0. The third-order valence-electron chi connectivity index (χ3n) is 5.38. The van der Waals surface area contributed by atoms with Crippen molar-refractivity contribution in [3.63, 3.8) is 0 Å². The van der Waals surface area contributed by atoms with Crippen LogP contribution in [0.25, 0.3) is 0 Å². The summed E-state index contributed by atoms with van der Waals surface area (Å²) in [5.74, 6) is 0.491. The van der Waals surface area contributed by atoms with Crippen LogP contribution in [-0.4, -0.2) is 42.4 Å². The molecule has 4 rings (SSSR count). The van der Waals surface area contributed by atoms with E-state index in [9.17, 15) is 15.3 Å². The van der Waals surface area contributed by atoms with Crippen LogP contribution in [0.2, 0.25) is 0 Å². The van der Waals surface area contributed by atoms with Gasteiger partial charge in [0.25, 0.3) is 0 Å². The predicted molar refractivity (Wildman–Crippen MR) is 94.8 cm³/mol. The van der Waals surface area contributed by atoms with E-state index < -0.39 is 6.29 Å². The van der Waals surface area contributed by atoms with Crippen LogP contribution in [0.3, 0.4) is 0 Å². The molecular weight excluding hydrogens is 352 g/mol. The van der Waals surface area contributed by atoms with Crippen molar-refractivity contribution >= 4 is 0 Å². The molecule has 5 atom stereocenters. The Kier molecular flexibility index (Phi) is 4.59. The van der Waals surface area contributed by atoms with Gasteiger partial charge in [-0.2, -0.15) is 0 Å². The highest BCUT2D eigenvalue weighted by Gasteiger charge is 2.53. The van der Waals surface area contributed by atoms with Crippen molar-refractivity contribution < 1.29 is 34.3 Å². The van der Waals surface area contributed by atoms with Gasteiger partial charge in [-0.15, -0.1) is 0 Å². The topological polar surface area (TPSA) is 97.6 Å². The summed E-state index contributed by atoms with van der Waals surface area (Å²) < 4.78 is 22.2. The van der Waals surface area contributed by atoms with Gasteiger partial charge in [0.15, 0.2) is 29.3 Å². The Morgan fingerprint density at radius 3 is 2.00 bits per heavy atom. The lowest BCUT2D eigenvalue weighted by molar-refractivity contribution is -0.134. The highest BCUT2D eigenvalue weighted by molar-refractivity contribution is 5.44. The van der Waals surface area contributed by atoms with Crippen LogP contribution in [0.15, 0.2) is 36.4 Å². The van der Waals surface area contributed by atoms with Gasteiger partial charge in [-0.25, -0.2) is 0 Å². The molecule has 2 heterocycles. The maximum absolute atomic E-state index is 10.6. The Hall–Kier alpha value is -2.48. The number of rotatable bonds is 4. The standard InChI is InChI=1S/C20H22O7/c1-24-15-7-10(3-5-13(15)21)18-12-9-26-19(17(12)20(23)27-18)11-4-6-14(22)16(8-11)25-2/h3-8,12,17-23H,9H2,1-2H3/t12-,17+,18-,19+,20-/m1/s1. The van der Waals surface area contributed by atoms with E-state index in [1.807, 2.05) is 0 Å². The zero-order valence-electron chi connectivity index (χ0n) is 15.0. The molecule has 7 heteroatoms. The monoisotopic (exact) mass is 374 g/mol. The van der Waals surface area contributed by atoms with E-state index in [1.165, 1.54) is 14.2 Å². The molecule has 2 aromatic carbocycles. The molecule has 0 spiro atoms. The summed E-state index contributed by atoms with van der Waals surface area (Å²) in [5, 5.41) is 30.2. The number of aromatic hydroxyl groups is 2. The van der Waals surface area contributed by atoms with Gasteiger partial charge < -0.3 is 34.3 Å². The van der Waals surface area contributed by atoms with Gasteiger partial charge >= 0.3 is 0 Å². The van der Waals surface area contributed by atoms with Crippen LogP contribution in [0, 0.1) is 11.8 Å². The zero-order valence-corrected chi connectivity index (χ0v) is 15.0. The van der Waals surface area contributed by atoms with Crippen LogP contribution < -0.4 is 9.47 Å². The maximum atomic E-state index is 10.6. The maximum Gasteiger partial charge on any atom is 0.161 e. The molecule has 7 nitrogen and oxygen atoms in total. The van der Waals surface area contributed by atoms with E-state index in [-0.39, 0.29) is 35.5 Å². The van der Waals surface area contributed by atoms with Crippen LogP contribution in [0.1, 0.15) is 23.3 Å². The molecule has 144 valence electrons. The number of methoxy groups -OCH3 is 2. The first-order chi connectivity index (χ1) is 13.0. The summed E-state index contributed by atoms with van der Waals surface area (Å²) in [7, 11) is 2.97. The molecule has 27 heavy (non-hydrogen) atoms. The van der Waals surface area contributed by atoms with Crippen LogP contribution in [-0.2, 0) is 9.47 Å². The molecule has 0 bridgehead atoms. The lowest BCUT2D eigenvalue weighted by atomic mass is 9.84. The number of phenols is 2. The normalized spacial score (nSPS) is 29.5. The Labute approximate surface area is 156 Å². The minimum Gasteiger partial charge on any atom is -0.504 e. The second-order valence-corrected chi connectivity index (χ2v) is 6.80. The molecule has 2 aliphatic rings. The van der Waals surface area contributed by atoms with Crippen molar-refractivity contribution in [2.24, 2.45) is 11.8 Å². The van der Waals surface area contributed by atoms with E-state index in [4.69, 9.17) is 18.9 Å². The average Bonchev–Trinajstić information content (AvgIpc) is 3.24. The first-order valence-electron chi connectivity index (χ1n) is 8.72.